The average molecular weight is 430 g/mol. The van der Waals surface area contributed by atoms with Crippen molar-refractivity contribution in [1.29, 1.82) is 0 Å². The van der Waals surface area contributed by atoms with Gasteiger partial charge in [-0.2, -0.15) is 5.10 Å². The van der Waals surface area contributed by atoms with Crippen molar-refractivity contribution in [3.05, 3.63) is 72.3 Å². The summed E-state index contributed by atoms with van der Waals surface area (Å²) >= 11 is 7.77. The van der Waals surface area contributed by atoms with E-state index in [-0.39, 0.29) is 16.6 Å². The molecule has 0 atom stereocenters. The van der Waals surface area contributed by atoms with Crippen LogP contribution in [0.25, 0.3) is 0 Å². The van der Waals surface area contributed by atoms with Crippen molar-refractivity contribution in [1.82, 2.24) is 5.43 Å². The topological polar surface area (TPSA) is 84.6 Å². The molecule has 0 fully saturated rings. The Kier molecular flexibility index (Phi) is 5.45. The number of halogens is 2. The van der Waals surface area contributed by atoms with E-state index in [2.05, 4.69) is 33.1 Å². The highest BCUT2D eigenvalue weighted by atomic mass is 127. The van der Waals surface area contributed by atoms with Crippen LogP contribution >= 0.6 is 34.2 Å². The predicted octanol–water partition coefficient (Wildman–Crippen LogP) is 3.62. The zero-order valence-corrected chi connectivity index (χ0v) is 13.9. The van der Waals surface area contributed by atoms with Crippen LogP contribution in [-0.2, 0) is 0 Å². The number of carbonyl (C=O) groups is 1. The summed E-state index contributed by atoms with van der Waals surface area (Å²) < 4.78 is 0.801. The van der Waals surface area contributed by atoms with E-state index in [1.807, 2.05) is 12.1 Å². The maximum absolute atomic E-state index is 11.9. The van der Waals surface area contributed by atoms with E-state index in [0.29, 0.717) is 11.1 Å². The summed E-state index contributed by atoms with van der Waals surface area (Å²) in [5.74, 6) is -0.357. The standard InChI is InChI=1S/C14H9ClIN3O3/c15-11-6-5-9(7-13(11)19(21)22)8-17-18-14(20)10-3-1-2-4-12(10)16/h1-8H,(H,18,20). The summed E-state index contributed by atoms with van der Waals surface area (Å²) in [5.41, 5.74) is 3.12. The van der Waals surface area contributed by atoms with Crippen molar-refractivity contribution in [3.8, 4) is 0 Å². The summed E-state index contributed by atoms with van der Waals surface area (Å²) in [6, 6.07) is 11.3. The molecule has 22 heavy (non-hydrogen) atoms. The number of carbonyl (C=O) groups excluding carboxylic acids is 1. The molecule has 112 valence electrons. The molecule has 1 N–H and O–H groups in total. The predicted molar refractivity (Wildman–Crippen MR) is 92.3 cm³/mol. The molecule has 0 saturated heterocycles. The normalized spacial score (nSPS) is 10.6. The van der Waals surface area contributed by atoms with E-state index in [1.165, 1.54) is 18.3 Å². The number of rotatable bonds is 4. The van der Waals surface area contributed by atoms with Crippen LogP contribution in [0.15, 0.2) is 47.6 Å². The number of nitro groups is 1. The molecule has 0 aliphatic heterocycles. The molecule has 0 bridgehead atoms. The van der Waals surface area contributed by atoms with Gasteiger partial charge in [0.1, 0.15) is 5.02 Å². The fraction of sp³-hybridized carbons (Fsp3) is 0. The van der Waals surface area contributed by atoms with E-state index in [0.717, 1.165) is 3.57 Å². The van der Waals surface area contributed by atoms with Crippen molar-refractivity contribution in [2.24, 2.45) is 5.10 Å². The van der Waals surface area contributed by atoms with Gasteiger partial charge in [-0.15, -0.1) is 0 Å². The molecular weight excluding hydrogens is 421 g/mol. The van der Waals surface area contributed by atoms with Gasteiger partial charge in [0.25, 0.3) is 11.6 Å². The second-order valence-corrected chi connectivity index (χ2v) is 5.72. The third kappa shape index (κ3) is 4.01. The highest BCUT2D eigenvalue weighted by Crippen LogP contribution is 2.24. The number of hydrazone groups is 1. The van der Waals surface area contributed by atoms with E-state index in [9.17, 15) is 14.9 Å². The Morgan fingerprint density at radius 2 is 2.05 bits per heavy atom. The van der Waals surface area contributed by atoms with E-state index >= 15 is 0 Å². The van der Waals surface area contributed by atoms with Gasteiger partial charge in [0.2, 0.25) is 0 Å². The van der Waals surface area contributed by atoms with Crippen LogP contribution in [0.1, 0.15) is 15.9 Å². The minimum absolute atomic E-state index is 0.0463. The monoisotopic (exact) mass is 429 g/mol. The van der Waals surface area contributed by atoms with Gasteiger partial charge in [-0.25, -0.2) is 5.43 Å². The van der Waals surface area contributed by atoms with Gasteiger partial charge in [-0.05, 0) is 40.8 Å². The van der Waals surface area contributed by atoms with Crippen LogP contribution in [-0.4, -0.2) is 17.0 Å². The molecule has 0 heterocycles. The lowest BCUT2D eigenvalue weighted by atomic mass is 10.2. The highest BCUT2D eigenvalue weighted by molar-refractivity contribution is 14.1. The Labute approximate surface area is 144 Å². The summed E-state index contributed by atoms with van der Waals surface area (Å²) in [4.78, 5) is 22.1. The molecule has 1 amide bonds. The maximum Gasteiger partial charge on any atom is 0.288 e. The number of hydrogen-bond donors (Lipinski definition) is 1. The summed E-state index contributed by atoms with van der Waals surface area (Å²) in [7, 11) is 0. The lowest BCUT2D eigenvalue weighted by Gasteiger charge is -2.02. The van der Waals surface area contributed by atoms with Crippen LogP contribution in [0.4, 0.5) is 5.69 Å². The third-order valence-electron chi connectivity index (χ3n) is 2.67. The molecule has 0 spiro atoms. The summed E-state index contributed by atoms with van der Waals surface area (Å²) in [6.07, 6.45) is 1.32. The first kappa shape index (κ1) is 16.4. The van der Waals surface area contributed by atoms with E-state index < -0.39 is 4.92 Å². The first-order chi connectivity index (χ1) is 10.5. The molecule has 8 heteroatoms. The van der Waals surface area contributed by atoms with Crippen molar-refractivity contribution in [2.45, 2.75) is 0 Å². The van der Waals surface area contributed by atoms with Crippen LogP contribution in [0.5, 0.6) is 0 Å². The molecule has 0 radical (unpaired) electrons. The Morgan fingerprint density at radius 3 is 2.73 bits per heavy atom. The molecule has 2 rings (SSSR count). The SMILES string of the molecule is O=C(NN=Cc1ccc(Cl)c([N+](=O)[O-])c1)c1ccccc1I. The quantitative estimate of drug-likeness (QED) is 0.349. The van der Waals surface area contributed by atoms with Gasteiger partial charge in [0, 0.05) is 15.2 Å². The zero-order valence-electron chi connectivity index (χ0n) is 11.0. The molecule has 0 unspecified atom stereocenters. The Morgan fingerprint density at radius 1 is 1.32 bits per heavy atom. The molecule has 6 nitrogen and oxygen atoms in total. The first-order valence-electron chi connectivity index (χ1n) is 6.01. The van der Waals surface area contributed by atoms with Crippen LogP contribution < -0.4 is 5.43 Å². The number of nitrogens with zero attached hydrogens (tertiary/aromatic N) is 2. The number of hydrogen-bond acceptors (Lipinski definition) is 4. The minimum atomic E-state index is -0.579. The Balaban J connectivity index is 2.10. The van der Waals surface area contributed by atoms with Gasteiger partial charge < -0.3 is 0 Å². The molecule has 0 aliphatic rings. The lowest BCUT2D eigenvalue weighted by molar-refractivity contribution is -0.384. The number of benzene rings is 2. The zero-order chi connectivity index (χ0) is 16.1. The van der Waals surface area contributed by atoms with Crippen LogP contribution in [0, 0.1) is 13.7 Å². The molecule has 0 saturated carbocycles. The fourth-order valence-electron chi connectivity index (χ4n) is 1.62. The third-order valence-corrected chi connectivity index (χ3v) is 3.93. The van der Waals surface area contributed by atoms with Gasteiger partial charge in [-0.3, -0.25) is 14.9 Å². The van der Waals surface area contributed by atoms with Gasteiger partial charge in [-0.1, -0.05) is 29.8 Å². The van der Waals surface area contributed by atoms with Crippen molar-refractivity contribution in [2.75, 3.05) is 0 Å². The van der Waals surface area contributed by atoms with E-state index in [4.69, 9.17) is 11.6 Å². The van der Waals surface area contributed by atoms with Crippen molar-refractivity contribution in [3.63, 3.8) is 0 Å². The van der Waals surface area contributed by atoms with Gasteiger partial charge >= 0.3 is 0 Å². The molecule has 0 aliphatic carbocycles. The van der Waals surface area contributed by atoms with Crippen molar-refractivity contribution >= 4 is 52.0 Å². The second-order valence-electron chi connectivity index (χ2n) is 4.15. The number of amides is 1. The largest absolute Gasteiger partial charge is 0.288 e. The van der Waals surface area contributed by atoms with Crippen molar-refractivity contribution < 1.29 is 9.72 Å². The van der Waals surface area contributed by atoms with Gasteiger partial charge in [0.05, 0.1) is 16.7 Å². The summed E-state index contributed by atoms with van der Waals surface area (Å²) in [6.45, 7) is 0. The highest BCUT2D eigenvalue weighted by Gasteiger charge is 2.12. The van der Waals surface area contributed by atoms with Crippen LogP contribution in [0.2, 0.25) is 5.02 Å². The second kappa shape index (κ2) is 7.32. The van der Waals surface area contributed by atoms with Crippen LogP contribution in [0.3, 0.4) is 0 Å². The van der Waals surface area contributed by atoms with E-state index in [1.54, 1.807) is 18.2 Å². The molecule has 2 aromatic rings. The lowest BCUT2D eigenvalue weighted by Crippen LogP contribution is -2.18. The average Bonchev–Trinajstić information content (AvgIpc) is 2.49. The Hall–Kier alpha value is -2.00. The minimum Gasteiger partial charge on any atom is -0.267 e. The number of nitro benzene ring substituents is 1. The smallest absolute Gasteiger partial charge is 0.267 e. The number of nitrogens with one attached hydrogen (secondary N) is 1. The fourth-order valence-corrected chi connectivity index (χ4v) is 2.44. The maximum atomic E-state index is 11.9. The van der Waals surface area contributed by atoms with Gasteiger partial charge in [0.15, 0.2) is 0 Å². The molecule has 0 aromatic heterocycles. The Bertz CT molecular complexity index is 765. The molecular formula is C14H9ClIN3O3. The molecule has 2 aromatic carbocycles. The summed E-state index contributed by atoms with van der Waals surface area (Å²) in [5, 5.41) is 14.6. The first-order valence-corrected chi connectivity index (χ1v) is 7.46.